The van der Waals surface area contributed by atoms with Gasteiger partial charge >= 0.3 is 0 Å². The van der Waals surface area contributed by atoms with Crippen molar-refractivity contribution in [3.05, 3.63) is 120 Å². The fourth-order valence-electron chi connectivity index (χ4n) is 3.77. The molecule has 0 aliphatic heterocycles. The number of allylic oxidation sites excluding steroid dienone is 6. The van der Waals surface area contributed by atoms with Crippen LogP contribution in [0.25, 0.3) is 33.1 Å². The van der Waals surface area contributed by atoms with E-state index in [-0.39, 0.29) is 5.70 Å². The molecule has 0 aliphatic rings. The fourth-order valence-corrected chi connectivity index (χ4v) is 3.77. The van der Waals surface area contributed by atoms with Crippen LogP contribution in [0.4, 0.5) is 0 Å². The number of nitrogens with two attached hydrogens (primary N) is 2. The molecule has 0 saturated carbocycles. The van der Waals surface area contributed by atoms with Gasteiger partial charge in [-0.05, 0) is 72.0 Å². The van der Waals surface area contributed by atoms with Gasteiger partial charge in [0.1, 0.15) is 22.9 Å². The van der Waals surface area contributed by atoms with Gasteiger partial charge in [-0.15, -0.1) is 0 Å². The first-order valence-corrected chi connectivity index (χ1v) is 10.8. The van der Waals surface area contributed by atoms with Gasteiger partial charge < -0.3 is 15.9 Å². The van der Waals surface area contributed by atoms with Crippen LogP contribution in [0.15, 0.2) is 118 Å². The predicted molar refractivity (Wildman–Crippen MR) is 136 cm³/mol. The Hall–Kier alpha value is -4.49. The van der Waals surface area contributed by atoms with Gasteiger partial charge in [0.25, 0.3) is 0 Å². The Balaban J connectivity index is 1.57. The molecule has 0 saturated heterocycles. The minimum absolute atomic E-state index is 0.125. The smallest absolute Gasteiger partial charge is 0.135 e. The highest BCUT2D eigenvalue weighted by Crippen LogP contribution is 2.33. The van der Waals surface area contributed by atoms with E-state index in [2.05, 4.69) is 42.5 Å². The average Bonchev–Trinajstić information content (AvgIpc) is 3.22. The largest absolute Gasteiger partial charge is 0.456 e. The van der Waals surface area contributed by atoms with Gasteiger partial charge in [0.05, 0.1) is 0 Å². The summed E-state index contributed by atoms with van der Waals surface area (Å²) in [6.07, 6.45) is 9.93. The minimum Gasteiger partial charge on any atom is -0.456 e. The molecule has 1 heterocycles. The molecule has 4 N–H and O–H groups in total. The molecule has 0 bridgehead atoms. The van der Waals surface area contributed by atoms with Crippen LogP contribution in [0.1, 0.15) is 12.5 Å². The van der Waals surface area contributed by atoms with Crippen LogP contribution < -0.4 is 11.5 Å². The highest BCUT2D eigenvalue weighted by molar-refractivity contribution is 6.06. The molecular weight excluding hydrogens is 406 g/mol. The third-order valence-electron chi connectivity index (χ3n) is 5.49. The molecule has 0 fully saturated rings. The maximum Gasteiger partial charge on any atom is 0.135 e. The Morgan fingerprint density at radius 1 is 0.939 bits per heavy atom. The first kappa shape index (κ1) is 21.7. The Bertz CT molecular complexity index is 1460. The van der Waals surface area contributed by atoms with Gasteiger partial charge in [0, 0.05) is 16.5 Å². The van der Waals surface area contributed by atoms with Crippen LogP contribution in [0, 0.1) is 11.3 Å². The van der Waals surface area contributed by atoms with Crippen molar-refractivity contribution in [2.24, 2.45) is 11.5 Å². The number of nitriles is 1. The van der Waals surface area contributed by atoms with Gasteiger partial charge in [0.15, 0.2) is 0 Å². The summed E-state index contributed by atoms with van der Waals surface area (Å²) in [7, 11) is 0. The molecule has 0 unspecified atom stereocenters. The van der Waals surface area contributed by atoms with Crippen LogP contribution in [0.2, 0.25) is 0 Å². The van der Waals surface area contributed by atoms with Crippen molar-refractivity contribution in [2.75, 3.05) is 0 Å². The lowest BCUT2D eigenvalue weighted by Gasteiger charge is -2.02. The summed E-state index contributed by atoms with van der Waals surface area (Å²) in [5, 5.41) is 11.1. The average molecular weight is 432 g/mol. The first-order valence-electron chi connectivity index (χ1n) is 10.8. The summed E-state index contributed by atoms with van der Waals surface area (Å²) < 4.78 is 6.05. The van der Waals surface area contributed by atoms with Crippen LogP contribution >= 0.6 is 0 Å². The second-order valence-corrected chi connectivity index (χ2v) is 7.72. The summed E-state index contributed by atoms with van der Waals surface area (Å²) in [6.45, 7) is 1.86. The van der Waals surface area contributed by atoms with Crippen molar-refractivity contribution in [3.63, 3.8) is 0 Å². The molecule has 33 heavy (non-hydrogen) atoms. The number of fused-ring (bicyclic) bond motifs is 3. The molecule has 4 heteroatoms. The molecule has 0 spiro atoms. The van der Waals surface area contributed by atoms with E-state index in [0.29, 0.717) is 5.70 Å². The van der Waals surface area contributed by atoms with E-state index in [1.54, 1.807) is 6.08 Å². The second kappa shape index (κ2) is 9.76. The third-order valence-corrected chi connectivity index (χ3v) is 5.49. The van der Waals surface area contributed by atoms with Crippen molar-refractivity contribution in [3.8, 4) is 17.2 Å². The molecule has 4 rings (SSSR count). The molecule has 1 aromatic heterocycles. The van der Waals surface area contributed by atoms with Gasteiger partial charge in [-0.3, -0.25) is 0 Å². The van der Waals surface area contributed by atoms with Crippen molar-refractivity contribution >= 4 is 21.9 Å². The second-order valence-electron chi connectivity index (χ2n) is 7.72. The summed E-state index contributed by atoms with van der Waals surface area (Å²) in [5.74, 6) is 0. The van der Waals surface area contributed by atoms with Gasteiger partial charge in [-0.25, -0.2) is 0 Å². The van der Waals surface area contributed by atoms with Crippen molar-refractivity contribution in [2.45, 2.75) is 13.3 Å². The standard InChI is InChI=1S/C29H25N3O/c1-2-21(17-24(31)19-30)27(32)11-7-6-8-20-12-14-28-25(16-20)26-18-23(13-15-29(26)33-28)22-9-4-3-5-10-22/h2-7,9-18H,8,31-32H2,1H3/b7-6-,21-2+,24-17-,27-11-. The molecule has 3 aromatic carbocycles. The Morgan fingerprint density at radius 3 is 2.39 bits per heavy atom. The van der Waals surface area contributed by atoms with Crippen molar-refractivity contribution < 1.29 is 4.42 Å². The zero-order chi connectivity index (χ0) is 23.2. The van der Waals surface area contributed by atoms with Gasteiger partial charge in [-0.2, -0.15) is 5.26 Å². The summed E-state index contributed by atoms with van der Waals surface area (Å²) in [6, 6.07) is 24.9. The lowest BCUT2D eigenvalue weighted by atomic mass is 10.0. The SMILES string of the molecule is C/C=C(\C=C(/N)C#N)C(/N)=C/C=C\Cc1ccc2oc3ccc(-c4ccccc4)cc3c2c1. The maximum absolute atomic E-state index is 8.85. The molecule has 0 radical (unpaired) electrons. The number of benzene rings is 3. The highest BCUT2D eigenvalue weighted by Gasteiger charge is 2.09. The van der Waals surface area contributed by atoms with E-state index in [4.69, 9.17) is 21.1 Å². The summed E-state index contributed by atoms with van der Waals surface area (Å²) in [4.78, 5) is 0. The minimum atomic E-state index is 0.125. The molecule has 0 aliphatic carbocycles. The van der Waals surface area contributed by atoms with Crippen molar-refractivity contribution in [1.29, 1.82) is 5.26 Å². The zero-order valence-electron chi connectivity index (χ0n) is 18.5. The zero-order valence-corrected chi connectivity index (χ0v) is 18.5. The van der Waals surface area contributed by atoms with Crippen LogP contribution in [-0.4, -0.2) is 0 Å². The Kier molecular flexibility index (Phi) is 6.43. The predicted octanol–water partition coefficient (Wildman–Crippen LogP) is 6.51. The normalized spacial score (nSPS) is 13.2. The Labute approximate surface area is 193 Å². The van der Waals surface area contributed by atoms with E-state index >= 15 is 0 Å². The van der Waals surface area contributed by atoms with Crippen LogP contribution in [-0.2, 0) is 6.42 Å². The first-order chi connectivity index (χ1) is 16.1. The van der Waals surface area contributed by atoms with E-state index in [9.17, 15) is 0 Å². The highest BCUT2D eigenvalue weighted by atomic mass is 16.3. The molecule has 0 atom stereocenters. The van der Waals surface area contributed by atoms with Crippen molar-refractivity contribution in [1.82, 2.24) is 0 Å². The third kappa shape index (κ3) is 4.89. The lowest BCUT2D eigenvalue weighted by molar-refractivity contribution is 0.669. The fraction of sp³-hybridized carbons (Fsp3) is 0.0690. The van der Waals surface area contributed by atoms with E-state index in [1.807, 2.05) is 61.6 Å². The summed E-state index contributed by atoms with van der Waals surface area (Å²) in [5.41, 5.74) is 18.4. The topological polar surface area (TPSA) is 89.0 Å². The number of hydrogen-bond acceptors (Lipinski definition) is 4. The molecular formula is C29H25N3O. The van der Waals surface area contributed by atoms with E-state index < -0.39 is 0 Å². The van der Waals surface area contributed by atoms with Gasteiger partial charge in [0.2, 0.25) is 0 Å². The van der Waals surface area contributed by atoms with Crippen LogP contribution in [0.3, 0.4) is 0 Å². The molecule has 4 aromatic rings. The van der Waals surface area contributed by atoms with Gasteiger partial charge in [-0.1, -0.05) is 60.7 Å². The van der Waals surface area contributed by atoms with E-state index in [1.165, 1.54) is 16.7 Å². The number of furan rings is 1. The summed E-state index contributed by atoms with van der Waals surface area (Å²) >= 11 is 0. The van der Waals surface area contributed by atoms with E-state index in [0.717, 1.165) is 33.9 Å². The molecule has 162 valence electrons. The monoisotopic (exact) mass is 431 g/mol. The van der Waals surface area contributed by atoms with Crippen LogP contribution in [0.5, 0.6) is 0 Å². The molecule has 0 amide bonds. The maximum atomic E-state index is 8.85. The quantitative estimate of drug-likeness (QED) is 0.269. The Morgan fingerprint density at radius 2 is 1.67 bits per heavy atom. The molecule has 4 nitrogen and oxygen atoms in total. The lowest BCUT2D eigenvalue weighted by Crippen LogP contribution is -2.02. The number of rotatable bonds is 6. The number of hydrogen-bond donors (Lipinski definition) is 2. The number of nitrogens with zero attached hydrogens (tertiary/aromatic N) is 1.